The molecule has 0 spiro atoms. The fourth-order valence-corrected chi connectivity index (χ4v) is 2.57. The lowest BCUT2D eigenvalue weighted by Crippen LogP contribution is -2.55. The second kappa shape index (κ2) is 11.2. The summed E-state index contributed by atoms with van der Waals surface area (Å²) in [5.41, 5.74) is 6.24. The summed E-state index contributed by atoms with van der Waals surface area (Å²) in [6.45, 7) is 7.75. The zero-order valence-electron chi connectivity index (χ0n) is 16.5. The fraction of sp³-hybridized carbons (Fsp3) is 0.550. The molecule has 0 aromatic heterocycles. The molecular weight excluding hydrogens is 346 g/mol. The van der Waals surface area contributed by atoms with Gasteiger partial charge in [0.25, 0.3) is 0 Å². The largest absolute Gasteiger partial charge is 0.445 e. The monoisotopic (exact) mass is 377 g/mol. The van der Waals surface area contributed by atoms with Crippen LogP contribution in [0.15, 0.2) is 30.3 Å². The molecule has 0 heterocycles. The smallest absolute Gasteiger partial charge is 0.408 e. The van der Waals surface area contributed by atoms with Crippen molar-refractivity contribution in [2.75, 3.05) is 0 Å². The van der Waals surface area contributed by atoms with E-state index in [1.807, 2.05) is 58.0 Å². The molecule has 150 valence electrons. The van der Waals surface area contributed by atoms with E-state index in [-0.39, 0.29) is 18.4 Å². The number of primary amides is 1. The molecule has 27 heavy (non-hydrogen) atoms. The number of carbonyl (C=O) groups excluding carboxylic acids is 3. The molecule has 0 aliphatic rings. The van der Waals surface area contributed by atoms with Crippen LogP contribution in [0.25, 0.3) is 0 Å². The number of carbonyl (C=O) groups is 3. The van der Waals surface area contributed by atoms with Crippen molar-refractivity contribution in [2.45, 2.75) is 59.2 Å². The van der Waals surface area contributed by atoms with Crippen molar-refractivity contribution < 1.29 is 19.1 Å². The van der Waals surface area contributed by atoms with Crippen LogP contribution in [0.4, 0.5) is 4.79 Å². The molecular formula is C20H31N3O4. The quantitative estimate of drug-likeness (QED) is 0.581. The van der Waals surface area contributed by atoms with Gasteiger partial charge in [0.2, 0.25) is 11.8 Å². The van der Waals surface area contributed by atoms with E-state index in [1.54, 1.807) is 0 Å². The lowest BCUT2D eigenvalue weighted by Gasteiger charge is -2.26. The summed E-state index contributed by atoms with van der Waals surface area (Å²) in [7, 11) is 0. The van der Waals surface area contributed by atoms with Crippen LogP contribution in [0.1, 0.15) is 46.1 Å². The van der Waals surface area contributed by atoms with Crippen molar-refractivity contribution >= 4 is 17.9 Å². The highest BCUT2D eigenvalue weighted by molar-refractivity contribution is 5.90. The summed E-state index contributed by atoms with van der Waals surface area (Å²) < 4.78 is 5.20. The molecule has 1 aromatic carbocycles. The molecule has 4 N–H and O–H groups in total. The van der Waals surface area contributed by atoms with E-state index < -0.39 is 30.0 Å². The van der Waals surface area contributed by atoms with Gasteiger partial charge in [-0.25, -0.2) is 4.79 Å². The zero-order chi connectivity index (χ0) is 20.4. The van der Waals surface area contributed by atoms with Crippen LogP contribution in [-0.2, 0) is 20.9 Å². The number of ether oxygens (including phenoxy) is 1. The van der Waals surface area contributed by atoms with Crippen molar-refractivity contribution in [3.63, 3.8) is 0 Å². The first-order chi connectivity index (χ1) is 12.7. The van der Waals surface area contributed by atoms with Gasteiger partial charge in [0, 0.05) is 0 Å². The summed E-state index contributed by atoms with van der Waals surface area (Å²) in [4.78, 5) is 36.4. The Hall–Kier alpha value is -2.57. The zero-order valence-corrected chi connectivity index (χ0v) is 16.5. The molecule has 7 nitrogen and oxygen atoms in total. The van der Waals surface area contributed by atoms with Gasteiger partial charge in [0.05, 0.1) is 0 Å². The third-order valence-corrected chi connectivity index (χ3v) is 4.35. The predicted octanol–water partition coefficient (Wildman–Crippen LogP) is 2.34. The van der Waals surface area contributed by atoms with E-state index in [1.165, 1.54) is 0 Å². The molecule has 3 atom stereocenters. The molecule has 0 bridgehead atoms. The highest BCUT2D eigenvalue weighted by Gasteiger charge is 2.29. The molecule has 1 rings (SSSR count). The van der Waals surface area contributed by atoms with Crippen LogP contribution in [0, 0.1) is 11.8 Å². The number of hydrogen-bond donors (Lipinski definition) is 3. The topological polar surface area (TPSA) is 111 Å². The number of benzene rings is 1. The molecule has 0 saturated carbocycles. The summed E-state index contributed by atoms with van der Waals surface area (Å²) in [6.07, 6.45) is 0.425. The number of amides is 3. The van der Waals surface area contributed by atoms with Crippen LogP contribution < -0.4 is 16.4 Å². The van der Waals surface area contributed by atoms with E-state index in [2.05, 4.69) is 10.6 Å². The van der Waals surface area contributed by atoms with Crippen molar-refractivity contribution in [3.05, 3.63) is 35.9 Å². The molecule has 0 saturated heterocycles. The van der Waals surface area contributed by atoms with Gasteiger partial charge in [0.1, 0.15) is 18.7 Å². The van der Waals surface area contributed by atoms with Gasteiger partial charge in [0.15, 0.2) is 0 Å². The summed E-state index contributed by atoms with van der Waals surface area (Å²) in [5, 5.41) is 5.27. The van der Waals surface area contributed by atoms with Crippen molar-refractivity contribution in [3.8, 4) is 0 Å². The molecule has 0 aliphatic heterocycles. The Kier molecular flexibility index (Phi) is 9.33. The predicted molar refractivity (Wildman–Crippen MR) is 104 cm³/mol. The minimum atomic E-state index is -0.813. The molecule has 3 amide bonds. The number of hydrogen-bond acceptors (Lipinski definition) is 4. The highest BCUT2D eigenvalue weighted by Crippen LogP contribution is 2.11. The van der Waals surface area contributed by atoms with E-state index in [0.717, 1.165) is 5.56 Å². The van der Waals surface area contributed by atoms with Crippen LogP contribution >= 0.6 is 0 Å². The molecule has 1 aromatic rings. The lowest BCUT2D eigenvalue weighted by molar-refractivity contribution is -0.129. The maximum atomic E-state index is 12.7. The number of nitrogens with one attached hydrogen (secondary N) is 2. The van der Waals surface area contributed by atoms with Gasteiger partial charge in [-0.15, -0.1) is 0 Å². The second-order valence-electron chi connectivity index (χ2n) is 7.16. The minimum Gasteiger partial charge on any atom is -0.445 e. The van der Waals surface area contributed by atoms with Gasteiger partial charge < -0.3 is 21.1 Å². The average Bonchev–Trinajstić information content (AvgIpc) is 2.63. The molecule has 0 radical (unpaired) electrons. The van der Waals surface area contributed by atoms with Crippen LogP contribution in [-0.4, -0.2) is 30.0 Å². The molecule has 0 unspecified atom stereocenters. The Bertz CT molecular complexity index is 619. The summed E-state index contributed by atoms with van der Waals surface area (Å²) in [6, 6.07) is 7.68. The first-order valence-corrected chi connectivity index (χ1v) is 9.31. The van der Waals surface area contributed by atoms with Crippen LogP contribution in [0.2, 0.25) is 0 Å². The highest BCUT2D eigenvalue weighted by atomic mass is 16.5. The third kappa shape index (κ3) is 8.11. The summed E-state index contributed by atoms with van der Waals surface area (Å²) in [5.74, 6) is -0.979. The normalized spacial score (nSPS) is 14.1. The molecule has 0 fully saturated rings. The van der Waals surface area contributed by atoms with Crippen molar-refractivity contribution in [2.24, 2.45) is 17.6 Å². The van der Waals surface area contributed by atoms with Crippen LogP contribution in [0.3, 0.4) is 0 Å². The van der Waals surface area contributed by atoms with E-state index in [0.29, 0.717) is 12.8 Å². The maximum absolute atomic E-state index is 12.7. The lowest BCUT2D eigenvalue weighted by atomic mass is 9.97. The number of alkyl carbamates (subject to hydrolysis) is 1. The van der Waals surface area contributed by atoms with Crippen molar-refractivity contribution in [1.29, 1.82) is 0 Å². The van der Waals surface area contributed by atoms with Gasteiger partial charge in [-0.2, -0.15) is 0 Å². The van der Waals surface area contributed by atoms with E-state index in [9.17, 15) is 14.4 Å². The minimum absolute atomic E-state index is 0.110. The van der Waals surface area contributed by atoms with E-state index >= 15 is 0 Å². The van der Waals surface area contributed by atoms with E-state index in [4.69, 9.17) is 10.5 Å². The fourth-order valence-electron chi connectivity index (χ4n) is 2.57. The summed E-state index contributed by atoms with van der Waals surface area (Å²) >= 11 is 0. The SMILES string of the molecule is CC[C@H](C)[C@@H](NC(=O)OCc1ccccc1)C(=O)N[C@@H](CC(C)C)C(N)=O. The molecule has 0 aliphatic carbocycles. The van der Waals surface area contributed by atoms with Gasteiger partial charge in [-0.05, 0) is 23.8 Å². The first kappa shape index (κ1) is 22.5. The number of nitrogens with two attached hydrogens (primary N) is 1. The maximum Gasteiger partial charge on any atom is 0.408 e. The molecule has 7 heteroatoms. The first-order valence-electron chi connectivity index (χ1n) is 9.31. The Morgan fingerprint density at radius 2 is 1.70 bits per heavy atom. The average molecular weight is 377 g/mol. The Morgan fingerprint density at radius 3 is 2.22 bits per heavy atom. The third-order valence-electron chi connectivity index (χ3n) is 4.35. The van der Waals surface area contributed by atoms with Crippen molar-refractivity contribution in [1.82, 2.24) is 10.6 Å². The Balaban J connectivity index is 2.71. The standard InChI is InChI=1S/C20H31N3O4/c1-5-14(4)17(19(25)22-16(18(21)24)11-13(2)3)23-20(26)27-12-15-9-7-6-8-10-15/h6-10,13-14,16-17H,5,11-12H2,1-4H3,(H2,21,24)(H,22,25)(H,23,26)/t14-,16-,17+/m0/s1. The van der Waals surface area contributed by atoms with Crippen LogP contribution in [0.5, 0.6) is 0 Å². The Labute approximate surface area is 161 Å². The van der Waals surface area contributed by atoms with Gasteiger partial charge in [-0.1, -0.05) is 64.4 Å². The van der Waals surface area contributed by atoms with Gasteiger partial charge in [-0.3, -0.25) is 9.59 Å². The van der Waals surface area contributed by atoms with Gasteiger partial charge >= 0.3 is 6.09 Å². The Morgan fingerprint density at radius 1 is 1.07 bits per heavy atom. The second-order valence-corrected chi connectivity index (χ2v) is 7.16. The number of rotatable bonds is 10.